The van der Waals surface area contributed by atoms with Crippen LogP contribution in [0.25, 0.3) is 0 Å². The summed E-state index contributed by atoms with van der Waals surface area (Å²) in [5, 5.41) is 0. The minimum atomic E-state index is -0.585. The second-order valence-electron chi connectivity index (χ2n) is 4.57. The van der Waals surface area contributed by atoms with Crippen LogP contribution in [-0.4, -0.2) is 19.1 Å². The van der Waals surface area contributed by atoms with Crippen LogP contribution in [0.4, 0.5) is 0 Å². The van der Waals surface area contributed by atoms with Crippen LogP contribution in [0, 0.1) is 27.7 Å². The SMILES string of the molecule is COC(=O)[C@@H](N)Cc1c(C)c(C)cc(C)c1C. The van der Waals surface area contributed by atoms with Crippen molar-refractivity contribution in [3.63, 3.8) is 0 Å². The molecular formula is C14H21NO2. The van der Waals surface area contributed by atoms with Crippen molar-refractivity contribution in [1.29, 1.82) is 0 Å². The van der Waals surface area contributed by atoms with E-state index in [4.69, 9.17) is 5.73 Å². The van der Waals surface area contributed by atoms with Gasteiger partial charge < -0.3 is 10.5 Å². The number of hydrogen-bond donors (Lipinski definition) is 1. The molecule has 1 aromatic carbocycles. The van der Waals surface area contributed by atoms with Gasteiger partial charge in [-0.25, -0.2) is 0 Å². The van der Waals surface area contributed by atoms with E-state index < -0.39 is 6.04 Å². The van der Waals surface area contributed by atoms with Crippen molar-refractivity contribution in [3.8, 4) is 0 Å². The molecule has 3 nitrogen and oxygen atoms in total. The van der Waals surface area contributed by atoms with E-state index in [1.807, 2.05) is 0 Å². The second-order valence-corrected chi connectivity index (χ2v) is 4.57. The summed E-state index contributed by atoms with van der Waals surface area (Å²) in [4.78, 5) is 11.4. The number of methoxy groups -OCH3 is 1. The van der Waals surface area contributed by atoms with E-state index in [0.29, 0.717) is 6.42 Å². The molecule has 0 spiro atoms. The first-order chi connectivity index (χ1) is 7.88. The fraction of sp³-hybridized carbons (Fsp3) is 0.500. The van der Waals surface area contributed by atoms with Gasteiger partial charge in [-0.15, -0.1) is 0 Å². The van der Waals surface area contributed by atoms with E-state index in [0.717, 1.165) is 0 Å². The van der Waals surface area contributed by atoms with Crippen LogP contribution in [0.2, 0.25) is 0 Å². The fourth-order valence-electron chi connectivity index (χ4n) is 2.06. The summed E-state index contributed by atoms with van der Waals surface area (Å²) in [6.07, 6.45) is 0.535. The number of nitrogens with two attached hydrogens (primary N) is 1. The van der Waals surface area contributed by atoms with E-state index >= 15 is 0 Å². The highest BCUT2D eigenvalue weighted by Crippen LogP contribution is 2.22. The first-order valence-electron chi connectivity index (χ1n) is 5.78. The number of rotatable bonds is 3. The molecule has 0 unspecified atom stereocenters. The average Bonchev–Trinajstić information content (AvgIpc) is 2.30. The number of benzene rings is 1. The first-order valence-corrected chi connectivity index (χ1v) is 5.78. The molecule has 0 aliphatic heterocycles. The summed E-state index contributed by atoms with van der Waals surface area (Å²) in [6.45, 7) is 8.30. The summed E-state index contributed by atoms with van der Waals surface area (Å²) < 4.78 is 4.66. The Labute approximate surface area is 103 Å². The molecular weight excluding hydrogens is 214 g/mol. The Morgan fingerprint density at radius 1 is 1.24 bits per heavy atom. The Hall–Kier alpha value is -1.35. The van der Waals surface area contributed by atoms with E-state index in [-0.39, 0.29) is 5.97 Å². The molecule has 17 heavy (non-hydrogen) atoms. The number of esters is 1. The quantitative estimate of drug-likeness (QED) is 0.815. The van der Waals surface area contributed by atoms with Crippen LogP contribution in [0.3, 0.4) is 0 Å². The van der Waals surface area contributed by atoms with E-state index in [9.17, 15) is 4.79 Å². The molecule has 0 aliphatic rings. The highest BCUT2D eigenvalue weighted by Gasteiger charge is 2.18. The summed E-state index contributed by atoms with van der Waals surface area (Å²) in [6, 6.07) is 1.58. The molecule has 94 valence electrons. The largest absolute Gasteiger partial charge is 0.468 e. The lowest BCUT2D eigenvalue weighted by Gasteiger charge is -2.17. The third-order valence-electron chi connectivity index (χ3n) is 3.45. The van der Waals surface area contributed by atoms with Crippen molar-refractivity contribution in [2.24, 2.45) is 5.73 Å². The average molecular weight is 235 g/mol. The molecule has 0 aliphatic carbocycles. The Balaban J connectivity index is 3.10. The topological polar surface area (TPSA) is 52.3 Å². The minimum absolute atomic E-state index is 0.358. The third kappa shape index (κ3) is 2.86. The highest BCUT2D eigenvalue weighted by molar-refractivity contribution is 5.76. The van der Waals surface area contributed by atoms with Crippen molar-refractivity contribution < 1.29 is 9.53 Å². The van der Waals surface area contributed by atoms with E-state index in [1.54, 1.807) is 0 Å². The van der Waals surface area contributed by atoms with Gasteiger partial charge in [0.1, 0.15) is 6.04 Å². The molecule has 0 amide bonds. The van der Waals surface area contributed by atoms with Gasteiger partial charge in [-0.05, 0) is 61.9 Å². The zero-order valence-electron chi connectivity index (χ0n) is 11.3. The predicted molar refractivity (Wildman–Crippen MR) is 69.1 cm³/mol. The van der Waals surface area contributed by atoms with Gasteiger partial charge in [-0.1, -0.05) is 6.07 Å². The molecule has 1 rings (SSSR count). The van der Waals surface area contributed by atoms with Crippen LogP contribution in [-0.2, 0) is 16.0 Å². The molecule has 0 bridgehead atoms. The van der Waals surface area contributed by atoms with Gasteiger partial charge >= 0.3 is 5.97 Å². The fourth-order valence-corrected chi connectivity index (χ4v) is 2.06. The van der Waals surface area contributed by atoms with Crippen LogP contribution < -0.4 is 5.73 Å². The summed E-state index contributed by atoms with van der Waals surface area (Å²) in [5.74, 6) is -0.358. The number of carbonyl (C=O) groups excluding carboxylic acids is 1. The van der Waals surface area contributed by atoms with Gasteiger partial charge in [0.2, 0.25) is 0 Å². The number of aryl methyl sites for hydroxylation is 2. The van der Waals surface area contributed by atoms with Gasteiger partial charge in [-0.3, -0.25) is 4.79 Å². The standard InChI is InChI=1S/C14H21NO2/c1-8-6-9(2)11(4)12(10(8)3)7-13(15)14(16)17-5/h6,13H,7,15H2,1-5H3/t13-/m0/s1. The Bertz CT molecular complexity index is 412. The Morgan fingerprint density at radius 2 is 1.71 bits per heavy atom. The van der Waals surface area contributed by atoms with Gasteiger partial charge in [-0.2, -0.15) is 0 Å². The zero-order valence-corrected chi connectivity index (χ0v) is 11.3. The molecule has 0 radical (unpaired) electrons. The number of ether oxygens (including phenoxy) is 1. The maximum Gasteiger partial charge on any atom is 0.322 e. The summed E-state index contributed by atoms with van der Waals surface area (Å²) in [5.41, 5.74) is 11.9. The van der Waals surface area contributed by atoms with Crippen molar-refractivity contribution in [1.82, 2.24) is 0 Å². The molecule has 2 N–H and O–H groups in total. The molecule has 1 atom stereocenters. The van der Waals surface area contributed by atoms with E-state index in [2.05, 4.69) is 38.5 Å². The van der Waals surface area contributed by atoms with Crippen molar-refractivity contribution in [2.45, 2.75) is 40.2 Å². The number of carbonyl (C=O) groups is 1. The Morgan fingerprint density at radius 3 is 2.12 bits per heavy atom. The monoisotopic (exact) mass is 235 g/mol. The zero-order chi connectivity index (χ0) is 13.2. The molecule has 0 saturated heterocycles. The van der Waals surface area contributed by atoms with Gasteiger partial charge in [0, 0.05) is 0 Å². The molecule has 0 saturated carbocycles. The maximum atomic E-state index is 11.4. The lowest BCUT2D eigenvalue weighted by molar-refractivity contribution is -0.142. The van der Waals surface area contributed by atoms with Gasteiger partial charge in [0.25, 0.3) is 0 Å². The normalized spacial score (nSPS) is 12.4. The van der Waals surface area contributed by atoms with Crippen molar-refractivity contribution >= 4 is 5.97 Å². The van der Waals surface area contributed by atoms with Crippen molar-refractivity contribution in [2.75, 3.05) is 7.11 Å². The molecule has 0 fully saturated rings. The maximum absolute atomic E-state index is 11.4. The van der Waals surface area contributed by atoms with Crippen LogP contribution in [0.5, 0.6) is 0 Å². The van der Waals surface area contributed by atoms with Crippen LogP contribution in [0.1, 0.15) is 27.8 Å². The van der Waals surface area contributed by atoms with Crippen molar-refractivity contribution in [3.05, 3.63) is 33.9 Å². The summed E-state index contributed by atoms with van der Waals surface area (Å²) >= 11 is 0. The first kappa shape index (κ1) is 13.7. The Kier molecular flexibility index (Phi) is 4.29. The lowest BCUT2D eigenvalue weighted by Crippen LogP contribution is -2.34. The lowest BCUT2D eigenvalue weighted by atomic mass is 9.90. The molecule has 0 aromatic heterocycles. The number of hydrogen-bond acceptors (Lipinski definition) is 3. The molecule has 1 aromatic rings. The minimum Gasteiger partial charge on any atom is -0.468 e. The van der Waals surface area contributed by atoms with Gasteiger partial charge in [0.15, 0.2) is 0 Å². The second kappa shape index (κ2) is 5.32. The van der Waals surface area contributed by atoms with Crippen LogP contribution >= 0.6 is 0 Å². The van der Waals surface area contributed by atoms with Crippen LogP contribution in [0.15, 0.2) is 6.07 Å². The predicted octanol–water partition coefficient (Wildman–Crippen LogP) is 1.96. The molecule has 3 heteroatoms. The third-order valence-corrected chi connectivity index (χ3v) is 3.45. The molecule has 0 heterocycles. The highest BCUT2D eigenvalue weighted by atomic mass is 16.5. The smallest absolute Gasteiger partial charge is 0.322 e. The van der Waals surface area contributed by atoms with E-state index in [1.165, 1.54) is 34.9 Å². The summed E-state index contributed by atoms with van der Waals surface area (Å²) in [7, 11) is 1.36. The van der Waals surface area contributed by atoms with Gasteiger partial charge in [0.05, 0.1) is 7.11 Å².